The molecule has 1 amide bonds. The normalized spacial score (nSPS) is 17.4. The van der Waals surface area contributed by atoms with E-state index < -0.39 is 5.82 Å². The van der Waals surface area contributed by atoms with Gasteiger partial charge >= 0.3 is 0 Å². The fourth-order valence-electron chi connectivity index (χ4n) is 3.06. The van der Waals surface area contributed by atoms with Crippen molar-refractivity contribution in [3.63, 3.8) is 0 Å². The molecule has 1 fully saturated rings. The molecule has 5 nitrogen and oxygen atoms in total. The number of halogens is 1. The van der Waals surface area contributed by atoms with Crippen LogP contribution in [0.3, 0.4) is 0 Å². The maximum atomic E-state index is 13.4. The van der Waals surface area contributed by atoms with E-state index >= 15 is 0 Å². The highest BCUT2D eigenvalue weighted by Gasteiger charge is 2.21. The van der Waals surface area contributed by atoms with Gasteiger partial charge in [-0.3, -0.25) is 9.69 Å². The summed E-state index contributed by atoms with van der Waals surface area (Å²) >= 11 is 0. The Morgan fingerprint density at radius 1 is 1.19 bits per heavy atom. The third-order valence-electron chi connectivity index (χ3n) is 4.49. The molecule has 2 aromatic rings. The van der Waals surface area contributed by atoms with Crippen LogP contribution in [-0.2, 0) is 9.53 Å². The Balaban J connectivity index is 1.32. The number of para-hydroxylation sites is 1. The average molecular weight is 372 g/mol. The quantitative estimate of drug-likeness (QED) is 0.724. The van der Waals surface area contributed by atoms with E-state index in [9.17, 15) is 9.18 Å². The maximum Gasteiger partial charge on any atom is 0.257 e. The summed E-state index contributed by atoms with van der Waals surface area (Å²) in [5.74, 6) is -0.624. The fraction of sp³-hybridized carbons (Fsp3) is 0.381. The molecule has 0 bridgehead atoms. The maximum absolute atomic E-state index is 13.4. The molecule has 0 aliphatic carbocycles. The highest BCUT2D eigenvalue weighted by molar-refractivity contribution is 5.77. The van der Waals surface area contributed by atoms with Crippen molar-refractivity contribution in [3.05, 3.63) is 66.0 Å². The molecular formula is C21H25FN2O3. The average Bonchev–Trinajstić information content (AvgIpc) is 2.71. The lowest BCUT2D eigenvalue weighted by molar-refractivity contribution is -0.123. The molecule has 1 aliphatic heterocycles. The Hall–Kier alpha value is -2.44. The van der Waals surface area contributed by atoms with Gasteiger partial charge in [0, 0.05) is 26.2 Å². The van der Waals surface area contributed by atoms with Crippen LogP contribution in [0.5, 0.6) is 5.75 Å². The van der Waals surface area contributed by atoms with E-state index in [1.165, 1.54) is 17.7 Å². The van der Waals surface area contributed by atoms with Gasteiger partial charge in [-0.25, -0.2) is 4.39 Å². The molecule has 1 heterocycles. The van der Waals surface area contributed by atoms with Crippen molar-refractivity contribution in [2.24, 2.45) is 0 Å². The van der Waals surface area contributed by atoms with Gasteiger partial charge in [0.1, 0.15) is 0 Å². The van der Waals surface area contributed by atoms with Gasteiger partial charge in [0.25, 0.3) is 5.91 Å². The van der Waals surface area contributed by atoms with Crippen LogP contribution in [0.1, 0.15) is 18.1 Å². The number of benzene rings is 2. The highest BCUT2D eigenvalue weighted by Crippen LogP contribution is 2.21. The van der Waals surface area contributed by atoms with Crippen molar-refractivity contribution >= 4 is 5.91 Å². The molecule has 0 saturated carbocycles. The third-order valence-corrected chi connectivity index (χ3v) is 4.49. The van der Waals surface area contributed by atoms with Crippen LogP contribution in [0.2, 0.25) is 0 Å². The minimum atomic E-state index is -0.467. The van der Waals surface area contributed by atoms with Crippen LogP contribution in [-0.4, -0.2) is 50.2 Å². The van der Waals surface area contributed by atoms with Crippen LogP contribution < -0.4 is 10.1 Å². The zero-order valence-corrected chi connectivity index (χ0v) is 15.3. The smallest absolute Gasteiger partial charge is 0.257 e. The molecule has 1 N–H and O–H groups in total. The summed E-state index contributed by atoms with van der Waals surface area (Å²) in [5, 5.41) is 2.81. The number of rotatable bonds is 8. The number of carbonyl (C=O) groups excluding carboxylic acids is 1. The molecule has 144 valence electrons. The zero-order valence-electron chi connectivity index (χ0n) is 15.3. The van der Waals surface area contributed by atoms with Gasteiger partial charge in [-0.05, 0) is 24.1 Å². The molecule has 0 spiro atoms. The fourth-order valence-corrected chi connectivity index (χ4v) is 3.06. The van der Waals surface area contributed by atoms with Gasteiger partial charge in [-0.1, -0.05) is 42.5 Å². The molecule has 6 heteroatoms. The standard InChI is InChI=1S/C21H25FN2O3/c22-18-9-4-5-10-19(18)27-16-21(25)23-11-6-12-24-13-14-26-20(15-24)17-7-2-1-3-8-17/h1-5,7-10,20H,6,11-16H2,(H,23,25)/t20-/m1/s1. The van der Waals surface area contributed by atoms with Crippen LogP contribution in [0.4, 0.5) is 4.39 Å². The van der Waals surface area contributed by atoms with Crippen molar-refractivity contribution in [2.45, 2.75) is 12.5 Å². The Morgan fingerprint density at radius 3 is 2.78 bits per heavy atom. The first-order valence-electron chi connectivity index (χ1n) is 9.25. The van der Waals surface area contributed by atoms with E-state index in [1.807, 2.05) is 18.2 Å². The lowest BCUT2D eigenvalue weighted by Gasteiger charge is -2.33. The first kappa shape index (κ1) is 19.3. The number of morpholine rings is 1. The van der Waals surface area contributed by atoms with Gasteiger partial charge in [0.05, 0.1) is 12.7 Å². The van der Waals surface area contributed by atoms with Crippen molar-refractivity contribution in [1.82, 2.24) is 10.2 Å². The second-order valence-electron chi connectivity index (χ2n) is 6.49. The summed E-state index contributed by atoms with van der Waals surface area (Å²) in [7, 11) is 0. The van der Waals surface area contributed by atoms with Crippen molar-refractivity contribution in [1.29, 1.82) is 0 Å². The van der Waals surface area contributed by atoms with Gasteiger partial charge in [0.2, 0.25) is 0 Å². The topological polar surface area (TPSA) is 50.8 Å². The van der Waals surface area contributed by atoms with Crippen LogP contribution in [0, 0.1) is 5.82 Å². The molecule has 1 atom stereocenters. The third kappa shape index (κ3) is 6.05. The number of nitrogens with zero attached hydrogens (tertiary/aromatic N) is 1. The predicted molar refractivity (Wildman–Crippen MR) is 101 cm³/mol. The van der Waals surface area contributed by atoms with Gasteiger partial charge in [-0.15, -0.1) is 0 Å². The number of carbonyl (C=O) groups is 1. The number of amides is 1. The predicted octanol–water partition coefficient (Wildman–Crippen LogP) is 2.78. The summed E-state index contributed by atoms with van der Waals surface area (Å²) in [6.45, 7) is 3.73. The summed E-state index contributed by atoms with van der Waals surface area (Å²) in [6.07, 6.45) is 0.941. The Kier molecular flexibility index (Phi) is 7.19. The van der Waals surface area contributed by atoms with E-state index in [0.717, 1.165) is 26.1 Å². The summed E-state index contributed by atoms with van der Waals surface area (Å²) in [6, 6.07) is 16.3. The Morgan fingerprint density at radius 2 is 1.96 bits per heavy atom. The van der Waals surface area contributed by atoms with E-state index in [4.69, 9.17) is 9.47 Å². The SMILES string of the molecule is O=C(COc1ccccc1F)NCCCN1CCO[C@@H](c2ccccc2)C1. The zero-order chi connectivity index (χ0) is 18.9. The summed E-state index contributed by atoms with van der Waals surface area (Å²) in [5.41, 5.74) is 1.20. The van der Waals surface area contributed by atoms with Crippen molar-refractivity contribution in [2.75, 3.05) is 39.4 Å². The van der Waals surface area contributed by atoms with E-state index in [0.29, 0.717) is 13.2 Å². The van der Waals surface area contributed by atoms with E-state index in [-0.39, 0.29) is 24.4 Å². The van der Waals surface area contributed by atoms with Crippen LogP contribution in [0.15, 0.2) is 54.6 Å². The molecule has 0 unspecified atom stereocenters. The van der Waals surface area contributed by atoms with Gasteiger partial charge in [0.15, 0.2) is 18.2 Å². The molecule has 0 aromatic heterocycles. The second-order valence-corrected chi connectivity index (χ2v) is 6.49. The highest BCUT2D eigenvalue weighted by atomic mass is 19.1. The lowest BCUT2D eigenvalue weighted by atomic mass is 10.1. The molecule has 3 rings (SSSR count). The van der Waals surface area contributed by atoms with E-state index in [1.54, 1.807) is 12.1 Å². The van der Waals surface area contributed by atoms with Crippen molar-refractivity contribution in [3.8, 4) is 5.75 Å². The monoisotopic (exact) mass is 372 g/mol. The molecule has 2 aromatic carbocycles. The molecular weight excluding hydrogens is 347 g/mol. The largest absolute Gasteiger partial charge is 0.481 e. The number of ether oxygens (including phenoxy) is 2. The lowest BCUT2D eigenvalue weighted by Crippen LogP contribution is -2.40. The minimum Gasteiger partial charge on any atom is -0.481 e. The van der Waals surface area contributed by atoms with Crippen molar-refractivity contribution < 1.29 is 18.7 Å². The molecule has 1 aliphatic rings. The second kappa shape index (κ2) is 10.0. The number of hydrogen-bond acceptors (Lipinski definition) is 4. The van der Waals surface area contributed by atoms with Gasteiger partial charge in [-0.2, -0.15) is 0 Å². The molecule has 27 heavy (non-hydrogen) atoms. The van der Waals surface area contributed by atoms with E-state index in [2.05, 4.69) is 22.3 Å². The Bertz CT molecular complexity index is 726. The van der Waals surface area contributed by atoms with Gasteiger partial charge < -0.3 is 14.8 Å². The number of nitrogens with one attached hydrogen (secondary N) is 1. The van der Waals surface area contributed by atoms with Crippen LogP contribution >= 0.6 is 0 Å². The molecule has 0 radical (unpaired) electrons. The Labute approximate surface area is 159 Å². The first-order valence-corrected chi connectivity index (χ1v) is 9.25. The number of hydrogen-bond donors (Lipinski definition) is 1. The molecule has 1 saturated heterocycles. The summed E-state index contributed by atoms with van der Waals surface area (Å²) in [4.78, 5) is 14.2. The summed E-state index contributed by atoms with van der Waals surface area (Å²) < 4.78 is 24.5. The van der Waals surface area contributed by atoms with Crippen LogP contribution in [0.25, 0.3) is 0 Å². The first-order chi connectivity index (χ1) is 13.2. The minimum absolute atomic E-state index is 0.0907.